The minimum absolute atomic E-state index is 0.0720. The van der Waals surface area contributed by atoms with Crippen LogP contribution in [0.4, 0.5) is 10.1 Å². The molecule has 0 saturated heterocycles. The topological polar surface area (TPSA) is 81.5 Å². The Morgan fingerprint density at radius 3 is 2.74 bits per heavy atom. The molecule has 0 aliphatic heterocycles. The van der Waals surface area contributed by atoms with Crippen molar-refractivity contribution in [1.82, 2.24) is 5.32 Å². The van der Waals surface area contributed by atoms with Crippen molar-refractivity contribution in [1.29, 1.82) is 0 Å². The fourth-order valence-electron chi connectivity index (χ4n) is 1.24. The van der Waals surface area contributed by atoms with Gasteiger partial charge in [-0.05, 0) is 12.0 Å². The Morgan fingerprint density at radius 2 is 2.21 bits per heavy atom. The third-order valence-electron chi connectivity index (χ3n) is 2.19. The molecule has 0 aromatic heterocycles. The lowest BCUT2D eigenvalue weighted by atomic mass is 10.2. The number of hydrogen-bond acceptors (Lipinski definition) is 4. The molecule has 0 saturated carbocycles. The second-order valence-corrected chi connectivity index (χ2v) is 4.36. The summed E-state index contributed by atoms with van der Waals surface area (Å²) >= 11 is 0. The van der Waals surface area contributed by atoms with E-state index in [0.29, 0.717) is 12.5 Å². The van der Waals surface area contributed by atoms with E-state index >= 15 is 0 Å². The van der Waals surface area contributed by atoms with Gasteiger partial charge in [0.15, 0.2) is 6.61 Å². The van der Waals surface area contributed by atoms with Crippen molar-refractivity contribution >= 4 is 11.6 Å². The van der Waals surface area contributed by atoms with Crippen LogP contribution in [0.2, 0.25) is 0 Å². The summed E-state index contributed by atoms with van der Waals surface area (Å²) in [5.41, 5.74) is -0.628. The first-order chi connectivity index (χ1) is 8.90. The first kappa shape index (κ1) is 14.9. The van der Waals surface area contributed by atoms with Crippen LogP contribution in [0, 0.1) is 21.8 Å². The number of nitro groups is 1. The van der Waals surface area contributed by atoms with Crippen molar-refractivity contribution in [3.05, 3.63) is 34.1 Å². The maximum Gasteiger partial charge on any atom is 0.305 e. The van der Waals surface area contributed by atoms with Gasteiger partial charge in [-0.3, -0.25) is 14.9 Å². The van der Waals surface area contributed by atoms with Gasteiger partial charge in [0.1, 0.15) is 5.75 Å². The van der Waals surface area contributed by atoms with Crippen LogP contribution in [0.5, 0.6) is 5.75 Å². The average molecular weight is 270 g/mol. The Hall–Kier alpha value is -2.18. The van der Waals surface area contributed by atoms with Crippen LogP contribution in [-0.4, -0.2) is 24.0 Å². The largest absolute Gasteiger partial charge is 0.484 e. The SMILES string of the molecule is CC(C)CNC(=O)COc1ccc([N+](=O)[O-])c(F)c1. The maximum atomic E-state index is 13.3. The third-order valence-corrected chi connectivity index (χ3v) is 2.19. The predicted octanol–water partition coefficient (Wildman–Crippen LogP) is 1.88. The number of amides is 1. The van der Waals surface area contributed by atoms with E-state index in [2.05, 4.69) is 5.32 Å². The zero-order chi connectivity index (χ0) is 14.4. The molecule has 0 atom stereocenters. The van der Waals surface area contributed by atoms with Gasteiger partial charge in [-0.1, -0.05) is 13.8 Å². The Balaban J connectivity index is 2.52. The number of nitrogens with one attached hydrogen (secondary N) is 1. The van der Waals surface area contributed by atoms with Crippen LogP contribution in [0.25, 0.3) is 0 Å². The van der Waals surface area contributed by atoms with Crippen molar-refractivity contribution < 1.29 is 18.8 Å². The molecular weight excluding hydrogens is 255 g/mol. The molecule has 1 aromatic rings. The summed E-state index contributed by atoms with van der Waals surface area (Å²) in [6.45, 7) is 4.17. The standard InChI is InChI=1S/C12H15FN2O4/c1-8(2)6-14-12(16)7-19-9-3-4-11(15(17)18)10(13)5-9/h3-5,8H,6-7H2,1-2H3,(H,14,16). The van der Waals surface area contributed by atoms with Crippen molar-refractivity contribution in [2.75, 3.05) is 13.2 Å². The molecular formula is C12H15FN2O4. The van der Waals surface area contributed by atoms with E-state index in [0.717, 1.165) is 12.1 Å². The zero-order valence-corrected chi connectivity index (χ0v) is 10.7. The van der Waals surface area contributed by atoms with Gasteiger partial charge < -0.3 is 10.1 Å². The van der Waals surface area contributed by atoms with Gasteiger partial charge >= 0.3 is 5.69 Å². The predicted molar refractivity (Wildman–Crippen MR) is 66.4 cm³/mol. The summed E-state index contributed by atoms with van der Waals surface area (Å²) in [6, 6.07) is 3.13. The molecule has 7 heteroatoms. The molecule has 0 spiro atoms. The summed E-state index contributed by atoms with van der Waals surface area (Å²) in [5.74, 6) is -0.930. The lowest BCUT2D eigenvalue weighted by molar-refractivity contribution is -0.387. The van der Waals surface area contributed by atoms with E-state index in [9.17, 15) is 19.3 Å². The van der Waals surface area contributed by atoms with Gasteiger partial charge in [0.05, 0.1) is 4.92 Å². The fourth-order valence-corrected chi connectivity index (χ4v) is 1.24. The number of carbonyl (C=O) groups is 1. The molecule has 19 heavy (non-hydrogen) atoms. The summed E-state index contributed by atoms with van der Waals surface area (Å²) < 4.78 is 18.3. The van der Waals surface area contributed by atoms with Gasteiger partial charge in [0.2, 0.25) is 5.82 Å². The normalized spacial score (nSPS) is 10.3. The first-order valence-corrected chi connectivity index (χ1v) is 5.73. The van der Waals surface area contributed by atoms with E-state index in [1.54, 1.807) is 0 Å². The molecule has 0 fully saturated rings. The van der Waals surface area contributed by atoms with Gasteiger partial charge in [-0.15, -0.1) is 0 Å². The van der Waals surface area contributed by atoms with Crippen LogP contribution in [0.15, 0.2) is 18.2 Å². The lowest BCUT2D eigenvalue weighted by Crippen LogP contribution is -2.31. The monoisotopic (exact) mass is 270 g/mol. The molecule has 0 radical (unpaired) electrons. The smallest absolute Gasteiger partial charge is 0.305 e. The zero-order valence-electron chi connectivity index (χ0n) is 10.7. The molecule has 6 nitrogen and oxygen atoms in total. The minimum atomic E-state index is -0.995. The maximum absolute atomic E-state index is 13.3. The highest BCUT2D eigenvalue weighted by Crippen LogP contribution is 2.22. The number of rotatable bonds is 6. The van der Waals surface area contributed by atoms with E-state index < -0.39 is 16.4 Å². The lowest BCUT2D eigenvalue weighted by Gasteiger charge is -2.09. The number of ether oxygens (including phenoxy) is 1. The van der Waals surface area contributed by atoms with Gasteiger partial charge in [0, 0.05) is 18.7 Å². The number of hydrogen-bond donors (Lipinski definition) is 1. The highest BCUT2D eigenvalue weighted by atomic mass is 19.1. The Bertz CT molecular complexity index is 477. The Labute approximate surface area is 109 Å². The first-order valence-electron chi connectivity index (χ1n) is 5.73. The van der Waals surface area contributed by atoms with Crippen LogP contribution in [0.1, 0.15) is 13.8 Å². The van der Waals surface area contributed by atoms with Crippen LogP contribution in [-0.2, 0) is 4.79 Å². The molecule has 1 rings (SSSR count). The van der Waals surface area contributed by atoms with Crippen LogP contribution < -0.4 is 10.1 Å². The molecule has 0 heterocycles. The van der Waals surface area contributed by atoms with E-state index in [-0.39, 0.29) is 18.3 Å². The molecule has 1 aromatic carbocycles. The Morgan fingerprint density at radius 1 is 1.53 bits per heavy atom. The Kier molecular flexibility index (Phi) is 5.23. The van der Waals surface area contributed by atoms with Crippen molar-refractivity contribution in [3.8, 4) is 5.75 Å². The second-order valence-electron chi connectivity index (χ2n) is 4.36. The fraction of sp³-hybridized carbons (Fsp3) is 0.417. The molecule has 0 unspecified atom stereocenters. The highest BCUT2D eigenvalue weighted by molar-refractivity contribution is 5.77. The quantitative estimate of drug-likeness (QED) is 0.632. The van der Waals surface area contributed by atoms with E-state index in [4.69, 9.17) is 4.74 Å². The summed E-state index contributed by atoms with van der Waals surface area (Å²) in [5, 5.41) is 13.0. The molecule has 0 aliphatic carbocycles. The summed E-state index contributed by atoms with van der Waals surface area (Å²) in [6.07, 6.45) is 0. The molecule has 0 bridgehead atoms. The number of benzene rings is 1. The van der Waals surface area contributed by atoms with Crippen LogP contribution in [0.3, 0.4) is 0 Å². The van der Waals surface area contributed by atoms with Crippen molar-refractivity contribution in [2.45, 2.75) is 13.8 Å². The summed E-state index contributed by atoms with van der Waals surface area (Å²) in [7, 11) is 0. The highest BCUT2D eigenvalue weighted by Gasteiger charge is 2.14. The molecule has 0 aliphatic rings. The number of nitrogens with zero attached hydrogens (tertiary/aromatic N) is 1. The number of nitro benzene ring substituents is 1. The van der Waals surface area contributed by atoms with Crippen molar-refractivity contribution in [2.24, 2.45) is 5.92 Å². The number of halogens is 1. The third kappa shape index (κ3) is 4.90. The van der Waals surface area contributed by atoms with Gasteiger partial charge in [-0.25, -0.2) is 0 Å². The average Bonchev–Trinajstić information content (AvgIpc) is 2.33. The minimum Gasteiger partial charge on any atom is -0.484 e. The van der Waals surface area contributed by atoms with Gasteiger partial charge in [0.25, 0.3) is 5.91 Å². The second kappa shape index (κ2) is 6.67. The van der Waals surface area contributed by atoms with Crippen LogP contribution >= 0.6 is 0 Å². The summed E-state index contributed by atoms with van der Waals surface area (Å²) in [4.78, 5) is 20.9. The molecule has 104 valence electrons. The molecule has 1 amide bonds. The molecule has 1 N–H and O–H groups in total. The van der Waals surface area contributed by atoms with E-state index in [1.807, 2.05) is 13.8 Å². The van der Waals surface area contributed by atoms with Crippen molar-refractivity contribution in [3.63, 3.8) is 0 Å². The van der Waals surface area contributed by atoms with Gasteiger partial charge in [-0.2, -0.15) is 4.39 Å². The number of carbonyl (C=O) groups excluding carboxylic acids is 1. The van der Waals surface area contributed by atoms with E-state index in [1.165, 1.54) is 6.07 Å².